The molecule has 0 bridgehead atoms. The molecule has 0 atom stereocenters. The number of rotatable bonds is 2. The number of nitrogens with two attached hydrogens (primary N) is 1. The zero-order valence-electron chi connectivity index (χ0n) is 9.48. The fourth-order valence-corrected chi connectivity index (χ4v) is 4.02. The lowest BCUT2D eigenvalue weighted by molar-refractivity contribution is 0.0865. The highest BCUT2D eigenvalue weighted by Crippen LogP contribution is 2.30. The fraction of sp³-hybridized carbons (Fsp3) is 0.100. The highest BCUT2D eigenvalue weighted by molar-refractivity contribution is 7.90. The van der Waals surface area contributed by atoms with Gasteiger partial charge in [0, 0.05) is 17.3 Å². The predicted octanol–water partition coefficient (Wildman–Crippen LogP) is 0.465. The van der Waals surface area contributed by atoms with Gasteiger partial charge in [-0.1, -0.05) is 0 Å². The minimum absolute atomic E-state index is 0.0770. The smallest absolute Gasteiger partial charge is 0.285 e. The molecule has 98 valence electrons. The van der Waals surface area contributed by atoms with E-state index in [1.807, 2.05) is 0 Å². The van der Waals surface area contributed by atoms with E-state index in [0.29, 0.717) is 10.0 Å². The van der Waals surface area contributed by atoms with Gasteiger partial charge in [-0.05, 0) is 12.1 Å². The van der Waals surface area contributed by atoms with Gasteiger partial charge in [-0.15, -0.1) is 11.3 Å². The lowest BCUT2D eigenvalue weighted by Crippen LogP contribution is -2.29. The second-order valence-electron chi connectivity index (χ2n) is 3.84. The van der Waals surface area contributed by atoms with Crippen LogP contribution in [0.2, 0.25) is 0 Å². The Morgan fingerprint density at radius 1 is 1.37 bits per heavy atom. The summed E-state index contributed by atoms with van der Waals surface area (Å²) in [6, 6.07) is 2.98. The number of nitrogen functional groups attached to an aromatic ring is 1. The Morgan fingerprint density at radius 2 is 2.16 bits per heavy atom. The molecule has 9 heteroatoms. The van der Waals surface area contributed by atoms with Gasteiger partial charge in [-0.25, -0.2) is 14.3 Å². The highest BCUT2D eigenvalue weighted by Gasteiger charge is 2.42. The number of amides is 1. The van der Waals surface area contributed by atoms with Crippen LogP contribution in [0, 0.1) is 0 Å². The molecule has 0 unspecified atom stereocenters. The molecule has 0 saturated carbocycles. The lowest BCUT2D eigenvalue weighted by Gasteiger charge is -2.12. The van der Waals surface area contributed by atoms with Crippen molar-refractivity contribution < 1.29 is 13.2 Å². The molecule has 1 aliphatic heterocycles. The maximum absolute atomic E-state index is 12.2. The summed E-state index contributed by atoms with van der Waals surface area (Å²) in [6.07, 6.45) is 2.80. The first-order valence-electron chi connectivity index (χ1n) is 5.22. The van der Waals surface area contributed by atoms with E-state index in [1.54, 1.807) is 0 Å². The summed E-state index contributed by atoms with van der Waals surface area (Å²) >= 11 is 1.14. The minimum atomic E-state index is -3.87. The predicted molar refractivity (Wildman–Crippen MR) is 67.8 cm³/mol. The van der Waals surface area contributed by atoms with Crippen molar-refractivity contribution in [2.45, 2.75) is 11.6 Å². The summed E-state index contributed by atoms with van der Waals surface area (Å²) in [4.78, 5) is 20.3. The summed E-state index contributed by atoms with van der Waals surface area (Å²) in [7, 11) is -3.87. The zero-order valence-corrected chi connectivity index (χ0v) is 11.1. The van der Waals surface area contributed by atoms with Crippen molar-refractivity contribution >= 4 is 32.4 Å². The molecular weight excluding hydrogens is 288 g/mol. The van der Waals surface area contributed by atoms with Gasteiger partial charge in [0.15, 0.2) is 10.2 Å². The molecule has 0 aromatic carbocycles. The second-order valence-corrected chi connectivity index (χ2v) is 6.76. The molecule has 0 aliphatic carbocycles. The SMILES string of the molecule is Nc1ncc(CN2C(=O)c3cccnc3S2(=O)=O)s1. The van der Waals surface area contributed by atoms with Gasteiger partial charge in [0.05, 0.1) is 12.1 Å². The number of anilines is 1. The van der Waals surface area contributed by atoms with Crippen molar-refractivity contribution in [1.82, 2.24) is 14.3 Å². The Balaban J connectivity index is 2.03. The average Bonchev–Trinajstić information content (AvgIpc) is 2.87. The molecule has 0 spiro atoms. The van der Waals surface area contributed by atoms with Crippen LogP contribution >= 0.6 is 11.3 Å². The zero-order chi connectivity index (χ0) is 13.6. The van der Waals surface area contributed by atoms with Crippen LogP contribution in [0.15, 0.2) is 29.6 Å². The third-order valence-corrected chi connectivity index (χ3v) is 5.13. The summed E-state index contributed by atoms with van der Waals surface area (Å²) in [5.41, 5.74) is 5.58. The maximum Gasteiger partial charge on any atom is 0.285 e. The van der Waals surface area contributed by atoms with Gasteiger partial charge in [-0.3, -0.25) is 4.79 Å². The van der Waals surface area contributed by atoms with Crippen molar-refractivity contribution in [2.24, 2.45) is 0 Å². The Labute approximate surface area is 112 Å². The van der Waals surface area contributed by atoms with Crippen LogP contribution in [-0.4, -0.2) is 28.6 Å². The molecule has 7 nitrogen and oxygen atoms in total. The van der Waals surface area contributed by atoms with Crippen LogP contribution in [-0.2, 0) is 16.6 Å². The number of hydrogen-bond donors (Lipinski definition) is 1. The van der Waals surface area contributed by atoms with Crippen LogP contribution < -0.4 is 5.73 Å². The molecule has 1 amide bonds. The van der Waals surface area contributed by atoms with E-state index < -0.39 is 15.9 Å². The average molecular weight is 296 g/mol. The van der Waals surface area contributed by atoms with E-state index in [1.165, 1.54) is 24.5 Å². The molecule has 0 saturated heterocycles. The molecule has 0 radical (unpaired) electrons. The molecule has 3 rings (SSSR count). The topological polar surface area (TPSA) is 106 Å². The number of aromatic nitrogens is 2. The first-order valence-corrected chi connectivity index (χ1v) is 7.48. The molecule has 2 aromatic heterocycles. The third kappa shape index (κ3) is 1.78. The maximum atomic E-state index is 12.2. The second kappa shape index (κ2) is 4.00. The number of sulfonamides is 1. The van der Waals surface area contributed by atoms with Gasteiger partial charge in [-0.2, -0.15) is 8.42 Å². The summed E-state index contributed by atoms with van der Waals surface area (Å²) in [6.45, 7) is -0.0770. The normalized spacial score (nSPS) is 16.6. The van der Waals surface area contributed by atoms with E-state index in [2.05, 4.69) is 9.97 Å². The number of carbonyl (C=O) groups excluding carboxylic acids is 1. The number of fused-ring (bicyclic) bond motifs is 1. The van der Waals surface area contributed by atoms with Gasteiger partial charge in [0.2, 0.25) is 0 Å². The Kier molecular flexibility index (Phi) is 2.54. The van der Waals surface area contributed by atoms with Crippen LogP contribution in [0.25, 0.3) is 0 Å². The van der Waals surface area contributed by atoms with Gasteiger partial charge in [0.25, 0.3) is 15.9 Å². The molecular formula is C10H8N4O3S2. The number of pyridine rings is 1. The van der Waals surface area contributed by atoms with E-state index in [0.717, 1.165) is 15.6 Å². The van der Waals surface area contributed by atoms with E-state index in [9.17, 15) is 13.2 Å². The quantitative estimate of drug-likeness (QED) is 0.863. The lowest BCUT2D eigenvalue weighted by atomic mass is 10.3. The van der Waals surface area contributed by atoms with Crippen molar-refractivity contribution in [3.8, 4) is 0 Å². The number of nitrogens with zero attached hydrogens (tertiary/aromatic N) is 3. The van der Waals surface area contributed by atoms with E-state index in [-0.39, 0.29) is 17.1 Å². The van der Waals surface area contributed by atoms with Gasteiger partial charge >= 0.3 is 0 Å². The first kappa shape index (κ1) is 12.1. The van der Waals surface area contributed by atoms with Crippen LogP contribution in [0.1, 0.15) is 15.2 Å². The molecule has 0 fully saturated rings. The standard InChI is InChI=1S/C10H8N4O3S2/c11-10-13-4-6(18-10)5-14-9(15)7-2-1-3-12-8(7)19(14,16)17/h1-4H,5H2,(H2,11,13). The summed E-state index contributed by atoms with van der Waals surface area (Å²) in [5, 5.41) is 0.132. The Morgan fingerprint density at radius 3 is 2.79 bits per heavy atom. The third-order valence-electron chi connectivity index (χ3n) is 2.63. The first-order chi connectivity index (χ1) is 9.00. The van der Waals surface area contributed by atoms with E-state index >= 15 is 0 Å². The molecule has 19 heavy (non-hydrogen) atoms. The van der Waals surface area contributed by atoms with Crippen molar-refractivity contribution in [2.75, 3.05) is 5.73 Å². The number of carbonyl (C=O) groups is 1. The van der Waals surface area contributed by atoms with Crippen molar-refractivity contribution in [3.05, 3.63) is 35.0 Å². The number of thiazole rings is 1. The van der Waals surface area contributed by atoms with Gasteiger partial charge < -0.3 is 5.73 Å². The van der Waals surface area contributed by atoms with Crippen LogP contribution in [0.3, 0.4) is 0 Å². The Bertz CT molecular complexity index is 769. The minimum Gasteiger partial charge on any atom is -0.375 e. The summed E-state index contributed by atoms with van der Waals surface area (Å²) < 4.78 is 25.2. The largest absolute Gasteiger partial charge is 0.375 e. The Hall–Kier alpha value is -2.00. The fourth-order valence-electron chi connectivity index (χ4n) is 1.80. The van der Waals surface area contributed by atoms with Crippen LogP contribution in [0.4, 0.5) is 5.13 Å². The molecule has 2 aromatic rings. The number of hydrogen-bond acceptors (Lipinski definition) is 7. The summed E-state index contributed by atoms with van der Waals surface area (Å²) in [5.74, 6) is -0.574. The van der Waals surface area contributed by atoms with Crippen molar-refractivity contribution in [1.29, 1.82) is 0 Å². The highest BCUT2D eigenvalue weighted by atomic mass is 32.2. The van der Waals surface area contributed by atoms with Crippen LogP contribution in [0.5, 0.6) is 0 Å². The van der Waals surface area contributed by atoms with Crippen molar-refractivity contribution in [3.63, 3.8) is 0 Å². The van der Waals surface area contributed by atoms with Gasteiger partial charge in [0.1, 0.15) is 0 Å². The monoisotopic (exact) mass is 296 g/mol. The molecule has 3 heterocycles. The molecule has 1 aliphatic rings. The van der Waals surface area contributed by atoms with E-state index in [4.69, 9.17) is 5.73 Å². The molecule has 2 N–H and O–H groups in total.